The molecule has 0 heterocycles. The molecule has 0 spiro atoms. The zero-order valence-electron chi connectivity index (χ0n) is 9.00. The van der Waals surface area contributed by atoms with Gasteiger partial charge in [-0.3, -0.25) is 4.79 Å². The van der Waals surface area contributed by atoms with Crippen molar-refractivity contribution in [3.63, 3.8) is 0 Å². The lowest BCUT2D eigenvalue weighted by Crippen LogP contribution is -2.32. The lowest BCUT2D eigenvalue weighted by atomic mass is 9.85. The Labute approximate surface area is 86.0 Å². The van der Waals surface area contributed by atoms with Crippen molar-refractivity contribution in [2.45, 2.75) is 51.0 Å². The SMILES string of the molecule is COC(=O)C[C@@H]1CCCCCC[C@@H]1N. The molecule has 0 amide bonds. The molecule has 1 rings (SSSR count). The maximum absolute atomic E-state index is 11.1. The minimum absolute atomic E-state index is 0.119. The highest BCUT2D eigenvalue weighted by Gasteiger charge is 2.22. The summed E-state index contributed by atoms with van der Waals surface area (Å²) in [6.45, 7) is 0. The fourth-order valence-electron chi connectivity index (χ4n) is 2.14. The molecule has 3 nitrogen and oxygen atoms in total. The molecule has 2 atom stereocenters. The van der Waals surface area contributed by atoms with Gasteiger partial charge >= 0.3 is 5.97 Å². The van der Waals surface area contributed by atoms with Gasteiger partial charge in [0.05, 0.1) is 7.11 Å². The Morgan fingerprint density at radius 2 is 1.93 bits per heavy atom. The van der Waals surface area contributed by atoms with E-state index in [-0.39, 0.29) is 12.0 Å². The molecule has 0 unspecified atom stereocenters. The lowest BCUT2D eigenvalue weighted by Gasteiger charge is -2.25. The number of rotatable bonds is 2. The predicted octanol–water partition coefficient (Wildman–Crippen LogP) is 1.85. The molecule has 0 aromatic carbocycles. The summed E-state index contributed by atoms with van der Waals surface area (Å²) < 4.78 is 4.68. The van der Waals surface area contributed by atoms with E-state index in [2.05, 4.69) is 4.74 Å². The van der Waals surface area contributed by atoms with Crippen LogP contribution in [0.25, 0.3) is 0 Å². The van der Waals surface area contributed by atoms with Crippen LogP contribution in [0.3, 0.4) is 0 Å². The van der Waals surface area contributed by atoms with Crippen LogP contribution >= 0.6 is 0 Å². The maximum atomic E-state index is 11.1. The van der Waals surface area contributed by atoms with Crippen molar-refractivity contribution in [2.24, 2.45) is 11.7 Å². The number of ether oxygens (including phenoxy) is 1. The Morgan fingerprint density at radius 1 is 1.29 bits per heavy atom. The van der Waals surface area contributed by atoms with Crippen LogP contribution in [0.5, 0.6) is 0 Å². The summed E-state index contributed by atoms with van der Waals surface area (Å²) in [5.41, 5.74) is 6.04. The van der Waals surface area contributed by atoms with Gasteiger partial charge in [0.1, 0.15) is 0 Å². The van der Waals surface area contributed by atoms with Crippen molar-refractivity contribution >= 4 is 5.97 Å². The van der Waals surface area contributed by atoms with Gasteiger partial charge in [-0.25, -0.2) is 0 Å². The van der Waals surface area contributed by atoms with Gasteiger partial charge in [0.2, 0.25) is 0 Å². The van der Waals surface area contributed by atoms with Crippen molar-refractivity contribution in [1.29, 1.82) is 0 Å². The molecule has 0 aromatic heterocycles. The van der Waals surface area contributed by atoms with Crippen molar-refractivity contribution in [1.82, 2.24) is 0 Å². The third-order valence-electron chi connectivity index (χ3n) is 3.12. The smallest absolute Gasteiger partial charge is 0.305 e. The summed E-state index contributed by atoms with van der Waals surface area (Å²) in [4.78, 5) is 11.1. The first kappa shape index (κ1) is 11.5. The highest BCUT2D eigenvalue weighted by molar-refractivity contribution is 5.69. The normalized spacial score (nSPS) is 29.0. The molecule has 14 heavy (non-hydrogen) atoms. The number of esters is 1. The van der Waals surface area contributed by atoms with Gasteiger partial charge in [-0.1, -0.05) is 25.7 Å². The van der Waals surface area contributed by atoms with E-state index in [0.717, 1.165) is 12.8 Å². The van der Waals surface area contributed by atoms with E-state index < -0.39 is 0 Å². The van der Waals surface area contributed by atoms with Crippen LogP contribution in [-0.2, 0) is 9.53 Å². The van der Waals surface area contributed by atoms with Crippen molar-refractivity contribution < 1.29 is 9.53 Å². The second-order valence-electron chi connectivity index (χ2n) is 4.20. The Morgan fingerprint density at radius 3 is 2.57 bits per heavy atom. The zero-order chi connectivity index (χ0) is 10.4. The fraction of sp³-hybridized carbons (Fsp3) is 0.909. The molecular weight excluding hydrogens is 178 g/mol. The molecule has 0 bridgehead atoms. The van der Waals surface area contributed by atoms with Crippen LogP contribution in [-0.4, -0.2) is 19.1 Å². The van der Waals surface area contributed by atoms with Crippen LogP contribution in [0.4, 0.5) is 0 Å². The summed E-state index contributed by atoms with van der Waals surface area (Å²) in [5.74, 6) is 0.216. The minimum Gasteiger partial charge on any atom is -0.469 e. The number of nitrogens with two attached hydrogens (primary N) is 1. The van der Waals surface area contributed by atoms with E-state index in [1.54, 1.807) is 0 Å². The lowest BCUT2D eigenvalue weighted by molar-refractivity contribution is -0.142. The maximum Gasteiger partial charge on any atom is 0.305 e. The van der Waals surface area contributed by atoms with Gasteiger partial charge in [-0.15, -0.1) is 0 Å². The zero-order valence-corrected chi connectivity index (χ0v) is 9.00. The first-order valence-electron chi connectivity index (χ1n) is 5.56. The summed E-state index contributed by atoms with van der Waals surface area (Å²) in [6, 6.07) is 0.189. The average molecular weight is 199 g/mol. The highest BCUT2D eigenvalue weighted by atomic mass is 16.5. The standard InChI is InChI=1S/C11H21NO2/c1-14-11(13)8-9-6-4-2-3-5-7-10(9)12/h9-10H,2-8,12H2,1H3/t9-,10-/m0/s1. The first-order valence-corrected chi connectivity index (χ1v) is 5.56. The molecule has 0 aliphatic heterocycles. The van der Waals surface area contributed by atoms with Gasteiger partial charge in [0.25, 0.3) is 0 Å². The average Bonchev–Trinajstić information content (AvgIpc) is 2.17. The number of hydrogen-bond donors (Lipinski definition) is 1. The van der Waals surface area contributed by atoms with Gasteiger partial charge in [-0.2, -0.15) is 0 Å². The van der Waals surface area contributed by atoms with Crippen molar-refractivity contribution in [2.75, 3.05) is 7.11 Å². The molecular formula is C11H21NO2. The summed E-state index contributed by atoms with van der Waals surface area (Å²) in [6.07, 6.45) is 7.62. The van der Waals surface area contributed by atoms with E-state index in [4.69, 9.17) is 5.73 Å². The molecule has 0 radical (unpaired) electrons. The van der Waals surface area contributed by atoms with Crippen LogP contribution in [0.2, 0.25) is 0 Å². The van der Waals surface area contributed by atoms with E-state index in [1.165, 1.54) is 32.8 Å². The first-order chi connectivity index (χ1) is 6.74. The molecule has 1 aliphatic carbocycles. The minimum atomic E-state index is -0.119. The van der Waals surface area contributed by atoms with E-state index in [0.29, 0.717) is 12.3 Å². The fourth-order valence-corrected chi connectivity index (χ4v) is 2.14. The Bertz CT molecular complexity index is 182. The predicted molar refractivity (Wildman–Crippen MR) is 55.8 cm³/mol. The molecule has 0 aromatic rings. The largest absolute Gasteiger partial charge is 0.469 e. The Balaban J connectivity index is 2.40. The van der Waals surface area contributed by atoms with E-state index in [1.807, 2.05) is 0 Å². The number of hydrogen-bond acceptors (Lipinski definition) is 3. The van der Waals surface area contributed by atoms with E-state index in [9.17, 15) is 4.79 Å². The Hall–Kier alpha value is -0.570. The van der Waals surface area contributed by atoms with Gasteiger partial charge < -0.3 is 10.5 Å². The molecule has 1 saturated carbocycles. The van der Waals surface area contributed by atoms with Crippen LogP contribution in [0.15, 0.2) is 0 Å². The van der Waals surface area contributed by atoms with Crippen LogP contribution in [0.1, 0.15) is 44.9 Å². The Kier molecular flexibility index (Phi) is 4.94. The number of methoxy groups -OCH3 is 1. The van der Waals surface area contributed by atoms with Crippen molar-refractivity contribution in [3.05, 3.63) is 0 Å². The molecule has 82 valence electrons. The van der Waals surface area contributed by atoms with Gasteiger partial charge in [0, 0.05) is 12.5 Å². The quantitative estimate of drug-likeness (QED) is 0.690. The molecule has 2 N–H and O–H groups in total. The third-order valence-corrected chi connectivity index (χ3v) is 3.12. The second kappa shape index (κ2) is 6.02. The van der Waals surface area contributed by atoms with Gasteiger partial charge in [0.15, 0.2) is 0 Å². The summed E-state index contributed by atoms with van der Waals surface area (Å²) in [7, 11) is 1.44. The van der Waals surface area contributed by atoms with Crippen LogP contribution in [0, 0.1) is 5.92 Å². The molecule has 1 aliphatic rings. The van der Waals surface area contributed by atoms with Crippen LogP contribution < -0.4 is 5.73 Å². The van der Waals surface area contributed by atoms with Crippen molar-refractivity contribution in [3.8, 4) is 0 Å². The molecule has 3 heteroatoms. The number of carbonyl (C=O) groups excluding carboxylic acids is 1. The number of carbonyl (C=O) groups is 1. The van der Waals surface area contributed by atoms with E-state index >= 15 is 0 Å². The topological polar surface area (TPSA) is 52.3 Å². The molecule has 1 fully saturated rings. The molecule has 0 saturated heterocycles. The highest BCUT2D eigenvalue weighted by Crippen LogP contribution is 2.24. The third kappa shape index (κ3) is 3.66. The second-order valence-corrected chi connectivity index (χ2v) is 4.20. The summed E-state index contributed by atoms with van der Waals surface area (Å²) >= 11 is 0. The summed E-state index contributed by atoms with van der Waals surface area (Å²) in [5, 5.41) is 0. The monoisotopic (exact) mass is 199 g/mol. The van der Waals surface area contributed by atoms with Gasteiger partial charge in [-0.05, 0) is 18.8 Å².